The molecule has 320 valence electrons. The van der Waals surface area contributed by atoms with Gasteiger partial charge >= 0.3 is 0 Å². The number of pyridine rings is 1. The van der Waals surface area contributed by atoms with Crippen molar-refractivity contribution in [2.24, 2.45) is 5.92 Å². The monoisotopic (exact) mass is 847 g/mol. The number of piperazine rings is 1. The third-order valence-electron chi connectivity index (χ3n) is 13.1. The minimum absolute atomic E-state index is 0.0162. The minimum Gasteiger partial charge on any atom is -0.455 e. The second kappa shape index (κ2) is 17.8. The van der Waals surface area contributed by atoms with Gasteiger partial charge in [0, 0.05) is 81.4 Å². The average molecular weight is 848 g/mol. The quantitative estimate of drug-likeness (QED) is 0.0625. The van der Waals surface area contributed by atoms with Gasteiger partial charge in [0.05, 0.1) is 21.6 Å². The van der Waals surface area contributed by atoms with Crippen LogP contribution in [0, 0.1) is 16.0 Å². The summed E-state index contributed by atoms with van der Waals surface area (Å²) >= 11 is 0. The third kappa shape index (κ3) is 8.95. The molecule has 3 N–H and O–H groups in total. The van der Waals surface area contributed by atoms with Crippen LogP contribution in [0.4, 0.5) is 17.1 Å². The Morgan fingerprint density at radius 3 is 2.51 bits per heavy atom. The van der Waals surface area contributed by atoms with Crippen LogP contribution in [0.3, 0.4) is 0 Å². The Hall–Kier alpha value is -5.51. The highest BCUT2D eigenvalue weighted by molar-refractivity contribution is 7.90. The van der Waals surface area contributed by atoms with E-state index >= 15 is 0 Å². The fourth-order valence-electron chi connectivity index (χ4n) is 9.81. The van der Waals surface area contributed by atoms with E-state index in [1.54, 1.807) is 41.7 Å². The number of carbonyl (C=O) groups is 1. The largest absolute Gasteiger partial charge is 0.455 e. The summed E-state index contributed by atoms with van der Waals surface area (Å²) in [6, 6.07) is 19.8. The van der Waals surface area contributed by atoms with E-state index in [0.29, 0.717) is 43.1 Å². The lowest BCUT2D eigenvalue weighted by atomic mass is 9.86. The number of amides is 1. The lowest BCUT2D eigenvalue weighted by Gasteiger charge is -2.41. The Kier molecular flexibility index (Phi) is 12.0. The molecule has 4 aliphatic rings. The summed E-state index contributed by atoms with van der Waals surface area (Å²) in [6.07, 6.45) is 15.0. The van der Waals surface area contributed by atoms with Gasteiger partial charge in [-0.25, -0.2) is 18.1 Å². The first-order chi connectivity index (χ1) is 29.7. The number of hydrogen-bond donors (Lipinski definition) is 3. The van der Waals surface area contributed by atoms with E-state index in [2.05, 4.69) is 48.0 Å². The summed E-state index contributed by atoms with van der Waals surface area (Å²) in [5.41, 5.74) is 5.99. The summed E-state index contributed by atoms with van der Waals surface area (Å²) in [5.74, 6) is 0.559. The SMILES string of the molecule is O=C(NS(=O)(=O)c1ccc(NCC2CCOCC2)c([N+](=O)[O-])c1)c1ccc(N2CCN(C3CCCCc4c(C5CCCC5)cccc43)CC2)cc1Oc1cnc2[nH]ccc2c1. The molecule has 15 heteroatoms. The zero-order valence-corrected chi connectivity index (χ0v) is 35.1. The summed E-state index contributed by atoms with van der Waals surface area (Å²) in [5, 5.41) is 16.0. The number of nitrogens with zero attached hydrogens (tertiary/aromatic N) is 4. The van der Waals surface area contributed by atoms with Crippen LogP contribution < -0.4 is 19.7 Å². The van der Waals surface area contributed by atoms with Gasteiger partial charge in [-0.05, 0) is 110 Å². The van der Waals surface area contributed by atoms with Crippen molar-refractivity contribution in [3.8, 4) is 11.5 Å². The van der Waals surface area contributed by atoms with Gasteiger partial charge in [-0.1, -0.05) is 37.5 Å². The lowest BCUT2D eigenvalue weighted by molar-refractivity contribution is -0.384. The van der Waals surface area contributed by atoms with E-state index < -0.39 is 31.4 Å². The molecule has 61 heavy (non-hydrogen) atoms. The lowest BCUT2D eigenvalue weighted by Crippen LogP contribution is -2.47. The third-order valence-corrected chi connectivity index (χ3v) is 14.4. The molecule has 14 nitrogen and oxygen atoms in total. The van der Waals surface area contributed by atoms with Gasteiger partial charge in [0.1, 0.15) is 22.8 Å². The molecule has 2 aliphatic heterocycles. The number of H-pyrrole nitrogens is 1. The molecule has 4 heterocycles. The van der Waals surface area contributed by atoms with E-state index in [1.807, 2.05) is 12.1 Å². The number of aromatic amines is 1. The van der Waals surface area contributed by atoms with E-state index in [0.717, 1.165) is 69.0 Å². The zero-order valence-electron chi connectivity index (χ0n) is 34.3. The molecular formula is C46H53N7O7S. The average Bonchev–Trinajstić information content (AvgIpc) is 3.94. The molecule has 2 aromatic heterocycles. The number of fused-ring (bicyclic) bond motifs is 2. The summed E-state index contributed by atoms with van der Waals surface area (Å²) in [7, 11) is -4.54. The molecule has 2 saturated heterocycles. The van der Waals surface area contributed by atoms with Crippen LogP contribution in [0.1, 0.15) is 96.8 Å². The van der Waals surface area contributed by atoms with Gasteiger partial charge < -0.3 is 24.7 Å². The number of rotatable bonds is 12. The minimum atomic E-state index is -4.54. The number of benzene rings is 3. The summed E-state index contributed by atoms with van der Waals surface area (Å²) < 4.78 is 41.3. The summed E-state index contributed by atoms with van der Waals surface area (Å²) in [6.45, 7) is 5.04. The fraction of sp³-hybridized carbons (Fsp3) is 0.435. The van der Waals surface area contributed by atoms with Crippen molar-refractivity contribution in [1.82, 2.24) is 19.6 Å². The van der Waals surface area contributed by atoms with Crippen molar-refractivity contribution < 1.29 is 27.6 Å². The highest BCUT2D eigenvalue weighted by atomic mass is 32.2. The van der Waals surface area contributed by atoms with E-state index in [9.17, 15) is 23.3 Å². The van der Waals surface area contributed by atoms with Crippen LogP contribution in [-0.4, -0.2) is 80.1 Å². The molecule has 3 fully saturated rings. The maximum atomic E-state index is 14.0. The number of carbonyl (C=O) groups excluding carboxylic acids is 1. The Bertz CT molecular complexity index is 2510. The number of sulfonamides is 1. The van der Waals surface area contributed by atoms with Crippen molar-refractivity contribution >= 4 is 44.0 Å². The normalized spacial score (nSPS) is 19.3. The van der Waals surface area contributed by atoms with E-state index in [1.165, 1.54) is 56.2 Å². The number of hydrogen-bond acceptors (Lipinski definition) is 11. The topological polar surface area (TPSA) is 172 Å². The fourth-order valence-corrected chi connectivity index (χ4v) is 10.8. The van der Waals surface area contributed by atoms with Gasteiger partial charge in [0.15, 0.2) is 0 Å². The van der Waals surface area contributed by atoms with Crippen molar-refractivity contribution in [1.29, 1.82) is 0 Å². The predicted molar refractivity (Wildman–Crippen MR) is 234 cm³/mol. The Labute approximate surface area is 356 Å². The van der Waals surface area contributed by atoms with Crippen LogP contribution in [0.25, 0.3) is 11.0 Å². The van der Waals surface area contributed by atoms with E-state index in [-0.39, 0.29) is 22.9 Å². The van der Waals surface area contributed by atoms with Crippen LogP contribution in [0.5, 0.6) is 11.5 Å². The standard InChI is InChI=1S/C46H53N7O7S/c54-46(50-61(57,58)36-13-15-41(43(28-36)53(55)56)48-29-31-17-24-59-25-18-31)40-14-12-34(27-44(40)60-35-26-33-16-19-47-45(33)49-30-35)51-20-22-52(23-21-51)42-11-4-3-8-38-37(9-5-10-39(38)42)32-6-1-2-7-32/h5,9-10,12-16,19,26-28,30-32,42,48H,1-4,6-8,11,17-18,20-25,29H2,(H,47,49)(H,50,54). The van der Waals surface area contributed by atoms with Gasteiger partial charge in [-0.15, -0.1) is 0 Å². The molecule has 5 aromatic rings. The molecule has 1 saturated carbocycles. The number of anilines is 2. The Morgan fingerprint density at radius 1 is 0.918 bits per heavy atom. The molecule has 1 unspecified atom stereocenters. The van der Waals surface area contributed by atoms with E-state index in [4.69, 9.17) is 9.47 Å². The number of nitro benzene ring substituents is 1. The maximum absolute atomic E-state index is 14.0. The first-order valence-electron chi connectivity index (χ1n) is 21.7. The molecule has 1 amide bonds. The number of nitro groups is 1. The second-order valence-corrected chi connectivity index (χ2v) is 18.5. The van der Waals surface area contributed by atoms with Crippen LogP contribution >= 0.6 is 0 Å². The predicted octanol–water partition coefficient (Wildman–Crippen LogP) is 8.47. The molecule has 0 bridgehead atoms. The maximum Gasteiger partial charge on any atom is 0.293 e. The van der Waals surface area contributed by atoms with Gasteiger partial charge in [0.2, 0.25) is 0 Å². The van der Waals surface area contributed by atoms with Gasteiger partial charge in [-0.3, -0.25) is 19.8 Å². The highest BCUT2D eigenvalue weighted by Crippen LogP contribution is 2.42. The van der Waals surface area contributed by atoms with Crippen LogP contribution in [0.15, 0.2) is 84.0 Å². The van der Waals surface area contributed by atoms with Crippen molar-refractivity contribution in [3.05, 3.63) is 111 Å². The molecule has 2 aliphatic carbocycles. The van der Waals surface area contributed by atoms with Gasteiger partial charge in [-0.2, -0.15) is 0 Å². The molecule has 1 atom stereocenters. The highest BCUT2D eigenvalue weighted by Gasteiger charge is 2.32. The van der Waals surface area contributed by atoms with Crippen LogP contribution in [-0.2, 0) is 21.2 Å². The molecule has 0 radical (unpaired) electrons. The number of ether oxygens (including phenoxy) is 2. The Balaban J connectivity index is 0.941. The summed E-state index contributed by atoms with van der Waals surface area (Å²) in [4.78, 5) is 37.4. The molecule has 3 aromatic carbocycles. The first kappa shape index (κ1) is 40.9. The van der Waals surface area contributed by atoms with Crippen LogP contribution in [0.2, 0.25) is 0 Å². The molecule has 9 rings (SSSR count). The first-order valence-corrected chi connectivity index (χ1v) is 23.2. The Morgan fingerprint density at radius 2 is 1.70 bits per heavy atom. The van der Waals surface area contributed by atoms with Crippen molar-refractivity contribution in [3.63, 3.8) is 0 Å². The second-order valence-electron chi connectivity index (χ2n) is 16.9. The van der Waals surface area contributed by atoms with Gasteiger partial charge in [0.25, 0.3) is 21.6 Å². The number of nitrogens with one attached hydrogen (secondary N) is 3. The van der Waals surface area contributed by atoms with Crippen molar-refractivity contribution in [2.45, 2.75) is 81.1 Å². The smallest absolute Gasteiger partial charge is 0.293 e. The molecular weight excluding hydrogens is 795 g/mol. The zero-order chi connectivity index (χ0) is 41.9. The molecule has 0 spiro atoms. The van der Waals surface area contributed by atoms with Crippen molar-refractivity contribution in [2.75, 3.05) is 56.2 Å². The number of aromatic nitrogens is 2.